The summed E-state index contributed by atoms with van der Waals surface area (Å²) in [4.78, 5) is 17.7. The molecule has 0 radical (unpaired) electrons. The fourth-order valence-corrected chi connectivity index (χ4v) is 1.62. The zero-order chi connectivity index (χ0) is 13.3. The maximum absolute atomic E-state index is 10.6. The topological polar surface area (TPSA) is 113 Å². The average molecular weight is 269 g/mol. The van der Waals surface area contributed by atoms with E-state index in [-0.39, 0.29) is 22.8 Å². The molecule has 0 amide bonds. The average Bonchev–Trinajstić information content (AvgIpc) is 2.77. The number of nitrogen functional groups attached to an aromatic ring is 1. The summed E-state index contributed by atoms with van der Waals surface area (Å²) in [5.41, 5.74) is 6.22. The molecule has 1 unspecified atom stereocenters. The zero-order valence-electron chi connectivity index (χ0n) is 9.32. The fourth-order valence-electron chi connectivity index (χ4n) is 1.48. The normalized spacial score (nSPS) is 12.3. The Hall–Kier alpha value is -2.22. The number of hydrogen-bond acceptors (Lipinski definition) is 6. The molecule has 0 aromatic carbocycles. The van der Waals surface area contributed by atoms with E-state index in [0.29, 0.717) is 5.56 Å². The Morgan fingerprint density at radius 2 is 2.28 bits per heavy atom. The quantitative estimate of drug-likeness (QED) is 0.512. The van der Waals surface area contributed by atoms with Crippen molar-refractivity contribution in [3.05, 3.63) is 39.6 Å². The van der Waals surface area contributed by atoms with Crippen molar-refractivity contribution in [2.45, 2.75) is 13.0 Å². The van der Waals surface area contributed by atoms with Gasteiger partial charge in [0.05, 0.1) is 11.0 Å². The van der Waals surface area contributed by atoms with E-state index >= 15 is 0 Å². The smallest absolute Gasteiger partial charge is 0.307 e. The van der Waals surface area contributed by atoms with Crippen molar-refractivity contribution in [1.82, 2.24) is 19.7 Å². The minimum absolute atomic E-state index is 0.0508. The number of aromatic nitrogens is 4. The van der Waals surface area contributed by atoms with Crippen molar-refractivity contribution < 1.29 is 4.92 Å². The van der Waals surface area contributed by atoms with Crippen molar-refractivity contribution in [1.29, 1.82) is 0 Å². The van der Waals surface area contributed by atoms with Gasteiger partial charge in [-0.05, 0) is 18.5 Å². The molecular weight excluding hydrogens is 260 g/mol. The van der Waals surface area contributed by atoms with E-state index in [0.717, 1.165) is 0 Å². The number of nitrogens with zero attached hydrogens (tertiary/aromatic N) is 5. The first-order valence-electron chi connectivity index (χ1n) is 4.95. The number of rotatable bonds is 3. The van der Waals surface area contributed by atoms with Gasteiger partial charge >= 0.3 is 5.69 Å². The monoisotopic (exact) mass is 268 g/mol. The lowest BCUT2D eigenvalue weighted by molar-refractivity contribution is -0.385. The predicted molar refractivity (Wildman–Crippen MR) is 64.1 cm³/mol. The van der Waals surface area contributed by atoms with Crippen LogP contribution in [0.2, 0.25) is 5.28 Å². The van der Waals surface area contributed by atoms with Gasteiger partial charge in [0.25, 0.3) is 0 Å². The first-order valence-corrected chi connectivity index (χ1v) is 5.33. The van der Waals surface area contributed by atoms with Crippen LogP contribution in [-0.2, 0) is 0 Å². The molecule has 2 heterocycles. The van der Waals surface area contributed by atoms with E-state index in [4.69, 9.17) is 17.3 Å². The summed E-state index contributed by atoms with van der Waals surface area (Å²) >= 11 is 5.60. The Morgan fingerprint density at radius 3 is 2.83 bits per heavy atom. The van der Waals surface area contributed by atoms with Crippen LogP contribution >= 0.6 is 11.6 Å². The molecule has 0 aliphatic rings. The molecule has 0 spiro atoms. The van der Waals surface area contributed by atoms with E-state index in [1.165, 1.54) is 23.3 Å². The molecule has 0 bridgehead atoms. The minimum Gasteiger partial charge on any atom is -0.383 e. The van der Waals surface area contributed by atoms with Crippen LogP contribution in [0.3, 0.4) is 0 Å². The van der Waals surface area contributed by atoms with Gasteiger partial charge in [-0.1, -0.05) is 0 Å². The van der Waals surface area contributed by atoms with Gasteiger partial charge in [0.2, 0.25) is 5.28 Å². The SMILES string of the molecule is CC(c1cnc(Cl)nc1N)n1cc([N+](=O)[O-])cn1. The van der Waals surface area contributed by atoms with Gasteiger partial charge in [-0.2, -0.15) is 5.10 Å². The summed E-state index contributed by atoms with van der Waals surface area (Å²) in [5, 5.41) is 14.5. The standard InChI is InChI=1S/C9H9ClN6O2/c1-5(7-3-12-9(10)14-8(7)11)15-4-6(2-13-15)16(17)18/h2-5H,1H3,(H2,11,12,14). The molecule has 1 atom stereocenters. The second-order valence-corrected chi connectivity index (χ2v) is 3.93. The van der Waals surface area contributed by atoms with Gasteiger partial charge in [-0.25, -0.2) is 9.97 Å². The van der Waals surface area contributed by atoms with E-state index in [9.17, 15) is 10.1 Å². The number of nitro groups is 1. The minimum atomic E-state index is -0.516. The summed E-state index contributed by atoms with van der Waals surface area (Å²) in [6.45, 7) is 1.78. The van der Waals surface area contributed by atoms with Crippen molar-refractivity contribution in [3.8, 4) is 0 Å². The lowest BCUT2D eigenvalue weighted by Crippen LogP contribution is -2.11. The first kappa shape index (κ1) is 12.2. The highest BCUT2D eigenvalue weighted by Crippen LogP contribution is 2.23. The summed E-state index contributed by atoms with van der Waals surface area (Å²) in [5.74, 6) is 0.223. The van der Waals surface area contributed by atoms with E-state index in [1.54, 1.807) is 6.92 Å². The molecule has 0 aliphatic carbocycles. The van der Waals surface area contributed by atoms with Crippen LogP contribution in [0.25, 0.3) is 0 Å². The lowest BCUT2D eigenvalue weighted by Gasteiger charge is -2.13. The van der Waals surface area contributed by atoms with Crippen LogP contribution in [0.5, 0.6) is 0 Å². The molecule has 0 saturated carbocycles. The number of anilines is 1. The van der Waals surface area contributed by atoms with Crippen LogP contribution in [-0.4, -0.2) is 24.7 Å². The van der Waals surface area contributed by atoms with Gasteiger partial charge in [-0.15, -0.1) is 0 Å². The van der Waals surface area contributed by atoms with Crippen LogP contribution < -0.4 is 5.73 Å². The van der Waals surface area contributed by atoms with E-state index in [1.807, 2.05) is 0 Å². The maximum Gasteiger partial charge on any atom is 0.307 e. The highest BCUT2D eigenvalue weighted by atomic mass is 35.5. The van der Waals surface area contributed by atoms with Crippen LogP contribution in [0, 0.1) is 10.1 Å². The highest BCUT2D eigenvalue weighted by molar-refractivity contribution is 6.28. The van der Waals surface area contributed by atoms with Gasteiger partial charge in [-0.3, -0.25) is 14.8 Å². The second kappa shape index (κ2) is 4.57. The molecule has 9 heteroatoms. The van der Waals surface area contributed by atoms with Crippen molar-refractivity contribution >= 4 is 23.1 Å². The maximum atomic E-state index is 10.6. The van der Waals surface area contributed by atoms with E-state index in [2.05, 4.69) is 15.1 Å². The number of hydrogen-bond donors (Lipinski definition) is 1. The molecular formula is C9H9ClN6O2. The van der Waals surface area contributed by atoms with Gasteiger partial charge in [0.1, 0.15) is 18.2 Å². The van der Waals surface area contributed by atoms with Crippen LogP contribution in [0.1, 0.15) is 18.5 Å². The molecule has 2 aromatic heterocycles. The summed E-state index contributed by atoms with van der Waals surface area (Å²) in [6, 6.07) is -0.323. The Kier molecular flexibility index (Phi) is 3.11. The van der Waals surface area contributed by atoms with Crippen molar-refractivity contribution in [3.63, 3.8) is 0 Å². The summed E-state index contributed by atoms with van der Waals surface area (Å²) in [6.07, 6.45) is 3.96. The fraction of sp³-hybridized carbons (Fsp3) is 0.222. The second-order valence-electron chi connectivity index (χ2n) is 3.59. The van der Waals surface area contributed by atoms with Crippen LogP contribution in [0.15, 0.2) is 18.6 Å². The molecule has 8 nitrogen and oxygen atoms in total. The molecule has 0 fully saturated rings. The highest BCUT2D eigenvalue weighted by Gasteiger charge is 2.17. The summed E-state index contributed by atoms with van der Waals surface area (Å²) < 4.78 is 1.42. The molecule has 2 rings (SSSR count). The molecule has 0 aliphatic heterocycles. The van der Waals surface area contributed by atoms with Gasteiger partial charge < -0.3 is 5.73 Å². The predicted octanol–water partition coefficient (Wildman–Crippen LogP) is 1.43. The Morgan fingerprint density at radius 1 is 1.56 bits per heavy atom. The third-order valence-corrected chi connectivity index (χ3v) is 2.65. The van der Waals surface area contributed by atoms with Crippen molar-refractivity contribution in [2.24, 2.45) is 0 Å². The Bertz CT molecular complexity index is 598. The molecule has 0 saturated heterocycles. The molecule has 18 heavy (non-hydrogen) atoms. The third kappa shape index (κ3) is 2.23. The Balaban J connectivity index is 2.35. The first-order chi connectivity index (χ1) is 8.49. The molecule has 2 aromatic rings. The van der Waals surface area contributed by atoms with Gasteiger partial charge in [0.15, 0.2) is 0 Å². The number of halogens is 1. The third-order valence-electron chi connectivity index (χ3n) is 2.46. The largest absolute Gasteiger partial charge is 0.383 e. The lowest BCUT2D eigenvalue weighted by atomic mass is 10.1. The zero-order valence-corrected chi connectivity index (χ0v) is 10.1. The number of nitrogens with two attached hydrogens (primary N) is 1. The molecule has 2 N–H and O–H groups in total. The Labute approximate surface area is 107 Å². The molecule has 94 valence electrons. The van der Waals surface area contributed by atoms with Gasteiger partial charge in [0, 0.05) is 11.8 Å². The summed E-state index contributed by atoms with van der Waals surface area (Å²) in [7, 11) is 0. The van der Waals surface area contributed by atoms with Crippen LogP contribution in [0.4, 0.5) is 11.5 Å². The van der Waals surface area contributed by atoms with Crippen molar-refractivity contribution in [2.75, 3.05) is 5.73 Å². The van der Waals surface area contributed by atoms with E-state index < -0.39 is 4.92 Å².